The lowest BCUT2D eigenvalue weighted by molar-refractivity contribution is 0.589. The van der Waals surface area contributed by atoms with Gasteiger partial charge >= 0.3 is 0 Å². The van der Waals surface area contributed by atoms with E-state index >= 15 is 0 Å². The van der Waals surface area contributed by atoms with Crippen molar-refractivity contribution in [1.82, 2.24) is 0 Å². The third-order valence-electron chi connectivity index (χ3n) is 3.68. The predicted molar refractivity (Wildman–Crippen MR) is 85.5 cm³/mol. The second kappa shape index (κ2) is 5.78. The standard InChI is InChI=1S/C18H24N2/c1-18(2,3)16-9-7-14(8-10-16)17(20)15-6-4-5-13(11-15)12-19/h4-11,17H,12,19-20H2,1-3H3. The van der Waals surface area contributed by atoms with Crippen molar-refractivity contribution in [2.75, 3.05) is 0 Å². The highest BCUT2D eigenvalue weighted by molar-refractivity contribution is 5.36. The van der Waals surface area contributed by atoms with Crippen molar-refractivity contribution >= 4 is 0 Å². The third kappa shape index (κ3) is 3.27. The Morgan fingerprint density at radius 2 is 1.60 bits per heavy atom. The summed E-state index contributed by atoms with van der Waals surface area (Å²) in [5.41, 5.74) is 16.9. The summed E-state index contributed by atoms with van der Waals surface area (Å²) in [5, 5.41) is 0. The second-order valence-electron chi connectivity index (χ2n) is 6.30. The zero-order valence-corrected chi connectivity index (χ0v) is 12.6. The molecular formula is C18H24N2. The molecule has 2 aromatic rings. The Morgan fingerprint density at radius 3 is 2.15 bits per heavy atom. The van der Waals surface area contributed by atoms with Gasteiger partial charge in [-0.2, -0.15) is 0 Å². The van der Waals surface area contributed by atoms with Gasteiger partial charge in [-0.25, -0.2) is 0 Å². The Morgan fingerprint density at radius 1 is 0.950 bits per heavy atom. The van der Waals surface area contributed by atoms with E-state index in [1.54, 1.807) is 0 Å². The van der Waals surface area contributed by atoms with E-state index in [2.05, 4.69) is 57.2 Å². The lowest BCUT2D eigenvalue weighted by Crippen LogP contribution is -2.14. The van der Waals surface area contributed by atoms with Crippen LogP contribution in [0.5, 0.6) is 0 Å². The molecule has 0 bridgehead atoms. The fourth-order valence-corrected chi connectivity index (χ4v) is 2.30. The quantitative estimate of drug-likeness (QED) is 0.895. The second-order valence-corrected chi connectivity index (χ2v) is 6.30. The van der Waals surface area contributed by atoms with E-state index in [1.165, 1.54) is 5.56 Å². The molecule has 0 amide bonds. The van der Waals surface area contributed by atoms with Crippen molar-refractivity contribution in [3.8, 4) is 0 Å². The Hall–Kier alpha value is -1.64. The Kier molecular flexibility index (Phi) is 4.26. The SMILES string of the molecule is CC(C)(C)c1ccc(C(N)c2cccc(CN)c2)cc1. The molecule has 2 nitrogen and oxygen atoms in total. The molecule has 0 saturated carbocycles. The van der Waals surface area contributed by atoms with Crippen molar-refractivity contribution in [3.05, 3.63) is 70.8 Å². The van der Waals surface area contributed by atoms with Crippen molar-refractivity contribution in [2.45, 2.75) is 38.8 Å². The molecule has 0 aromatic heterocycles. The topological polar surface area (TPSA) is 52.0 Å². The van der Waals surface area contributed by atoms with Gasteiger partial charge in [-0.1, -0.05) is 69.3 Å². The van der Waals surface area contributed by atoms with Gasteiger partial charge in [-0.05, 0) is 27.7 Å². The fraction of sp³-hybridized carbons (Fsp3) is 0.333. The van der Waals surface area contributed by atoms with Crippen molar-refractivity contribution in [2.24, 2.45) is 11.5 Å². The summed E-state index contributed by atoms with van der Waals surface area (Å²) >= 11 is 0. The average molecular weight is 268 g/mol. The normalized spacial score (nSPS) is 13.2. The third-order valence-corrected chi connectivity index (χ3v) is 3.68. The van der Waals surface area contributed by atoms with E-state index in [1.807, 2.05) is 12.1 Å². The molecule has 0 heterocycles. The number of nitrogens with two attached hydrogens (primary N) is 2. The summed E-state index contributed by atoms with van der Waals surface area (Å²) in [6, 6.07) is 16.7. The van der Waals surface area contributed by atoms with Crippen LogP contribution < -0.4 is 11.5 Å². The van der Waals surface area contributed by atoms with Crippen LogP contribution >= 0.6 is 0 Å². The monoisotopic (exact) mass is 268 g/mol. The first-order valence-electron chi connectivity index (χ1n) is 7.07. The largest absolute Gasteiger partial charge is 0.326 e. The van der Waals surface area contributed by atoms with Crippen LogP contribution in [0.1, 0.15) is 49.1 Å². The smallest absolute Gasteiger partial charge is 0.0551 e. The molecule has 2 rings (SSSR count). The molecule has 0 aliphatic rings. The zero-order valence-electron chi connectivity index (χ0n) is 12.6. The first-order valence-corrected chi connectivity index (χ1v) is 7.07. The molecule has 0 radical (unpaired) electrons. The summed E-state index contributed by atoms with van der Waals surface area (Å²) in [7, 11) is 0. The van der Waals surface area contributed by atoms with E-state index in [0.29, 0.717) is 6.54 Å². The summed E-state index contributed by atoms with van der Waals surface area (Å²) in [6.45, 7) is 7.19. The highest BCUT2D eigenvalue weighted by Gasteiger charge is 2.15. The van der Waals surface area contributed by atoms with Gasteiger partial charge in [0.05, 0.1) is 6.04 Å². The molecule has 0 spiro atoms. The van der Waals surface area contributed by atoms with E-state index in [0.717, 1.165) is 16.7 Å². The lowest BCUT2D eigenvalue weighted by Gasteiger charge is -2.20. The Bertz CT molecular complexity index is 565. The Labute approximate surface area is 121 Å². The maximum Gasteiger partial charge on any atom is 0.0551 e. The van der Waals surface area contributed by atoms with E-state index < -0.39 is 0 Å². The van der Waals surface area contributed by atoms with Crippen molar-refractivity contribution in [1.29, 1.82) is 0 Å². The van der Waals surface area contributed by atoms with Crippen LogP contribution in [0.15, 0.2) is 48.5 Å². The minimum absolute atomic E-state index is 0.101. The summed E-state index contributed by atoms with van der Waals surface area (Å²) < 4.78 is 0. The highest BCUT2D eigenvalue weighted by atomic mass is 14.6. The van der Waals surface area contributed by atoms with Crippen LogP contribution in [0, 0.1) is 0 Å². The number of rotatable bonds is 3. The van der Waals surface area contributed by atoms with Crippen molar-refractivity contribution < 1.29 is 0 Å². The minimum atomic E-state index is -0.101. The van der Waals surface area contributed by atoms with Gasteiger partial charge in [0.25, 0.3) is 0 Å². The first kappa shape index (κ1) is 14.8. The molecule has 20 heavy (non-hydrogen) atoms. The van der Waals surface area contributed by atoms with Gasteiger partial charge in [0, 0.05) is 6.54 Å². The molecule has 4 N–H and O–H groups in total. The molecular weight excluding hydrogens is 244 g/mol. The maximum absolute atomic E-state index is 6.36. The molecule has 0 aliphatic carbocycles. The predicted octanol–water partition coefficient (Wildman–Crippen LogP) is 3.49. The molecule has 0 aliphatic heterocycles. The highest BCUT2D eigenvalue weighted by Crippen LogP contribution is 2.25. The molecule has 1 atom stereocenters. The molecule has 2 heteroatoms. The average Bonchev–Trinajstić information content (AvgIpc) is 2.46. The fourth-order valence-electron chi connectivity index (χ4n) is 2.30. The molecule has 106 valence electrons. The minimum Gasteiger partial charge on any atom is -0.326 e. The van der Waals surface area contributed by atoms with Gasteiger partial charge in [0.2, 0.25) is 0 Å². The van der Waals surface area contributed by atoms with E-state index in [9.17, 15) is 0 Å². The van der Waals surface area contributed by atoms with Crippen LogP contribution in [0.4, 0.5) is 0 Å². The van der Waals surface area contributed by atoms with Crippen LogP contribution in [-0.4, -0.2) is 0 Å². The molecule has 1 unspecified atom stereocenters. The number of hydrogen-bond acceptors (Lipinski definition) is 2. The van der Waals surface area contributed by atoms with Crippen LogP contribution in [0.3, 0.4) is 0 Å². The van der Waals surface area contributed by atoms with E-state index in [-0.39, 0.29) is 11.5 Å². The summed E-state index contributed by atoms with van der Waals surface area (Å²) in [6.07, 6.45) is 0. The van der Waals surface area contributed by atoms with Gasteiger partial charge in [0.1, 0.15) is 0 Å². The number of benzene rings is 2. The zero-order chi connectivity index (χ0) is 14.8. The lowest BCUT2D eigenvalue weighted by atomic mass is 9.86. The van der Waals surface area contributed by atoms with E-state index in [4.69, 9.17) is 11.5 Å². The van der Waals surface area contributed by atoms with Gasteiger partial charge < -0.3 is 11.5 Å². The van der Waals surface area contributed by atoms with Gasteiger partial charge in [-0.15, -0.1) is 0 Å². The van der Waals surface area contributed by atoms with Crippen molar-refractivity contribution in [3.63, 3.8) is 0 Å². The summed E-state index contributed by atoms with van der Waals surface area (Å²) in [4.78, 5) is 0. The maximum atomic E-state index is 6.36. The number of hydrogen-bond donors (Lipinski definition) is 2. The van der Waals surface area contributed by atoms with Crippen LogP contribution in [-0.2, 0) is 12.0 Å². The first-order chi connectivity index (χ1) is 9.41. The molecule has 0 saturated heterocycles. The van der Waals surface area contributed by atoms with Gasteiger partial charge in [0.15, 0.2) is 0 Å². The molecule has 2 aromatic carbocycles. The Balaban J connectivity index is 2.26. The van der Waals surface area contributed by atoms with Crippen LogP contribution in [0.2, 0.25) is 0 Å². The van der Waals surface area contributed by atoms with Gasteiger partial charge in [-0.3, -0.25) is 0 Å². The molecule has 0 fully saturated rings. The summed E-state index contributed by atoms with van der Waals surface area (Å²) in [5.74, 6) is 0. The van der Waals surface area contributed by atoms with Crippen LogP contribution in [0.25, 0.3) is 0 Å².